The van der Waals surface area contributed by atoms with Gasteiger partial charge in [-0.1, -0.05) is 0 Å². The van der Waals surface area contributed by atoms with Gasteiger partial charge in [0, 0.05) is 24.5 Å². The lowest BCUT2D eigenvalue weighted by Gasteiger charge is -2.17. The molecule has 1 N–H and O–H groups in total. The van der Waals surface area contributed by atoms with E-state index < -0.39 is 5.97 Å². The first-order valence-electron chi connectivity index (χ1n) is 7.58. The molecule has 128 valence electrons. The number of carbonyl (C=O) groups excluding carboxylic acids is 1. The molecule has 0 aliphatic carbocycles. The normalized spacial score (nSPS) is 10.4. The second kappa shape index (κ2) is 8.44. The molecule has 1 aromatic heterocycles. The zero-order valence-electron chi connectivity index (χ0n) is 13.7. The van der Waals surface area contributed by atoms with E-state index in [2.05, 4.69) is 4.98 Å². The average Bonchev–Trinajstić information content (AvgIpc) is 2.98. The van der Waals surface area contributed by atoms with Gasteiger partial charge in [0.1, 0.15) is 5.75 Å². The number of hydrogen-bond donors (Lipinski definition) is 1. The summed E-state index contributed by atoms with van der Waals surface area (Å²) in [6.45, 7) is 1.58. The Morgan fingerprint density at radius 2 is 2.00 bits per heavy atom. The van der Waals surface area contributed by atoms with Crippen LogP contribution in [0.5, 0.6) is 5.75 Å². The molecule has 2 aromatic rings. The van der Waals surface area contributed by atoms with Crippen molar-refractivity contribution >= 4 is 28.9 Å². The Morgan fingerprint density at radius 1 is 1.29 bits per heavy atom. The van der Waals surface area contributed by atoms with Crippen molar-refractivity contribution in [2.75, 3.05) is 18.6 Å². The number of carboxylic acid groups (broad SMARTS) is 1. The summed E-state index contributed by atoms with van der Waals surface area (Å²) in [5, 5.41) is 11.6. The number of aliphatic carboxylic acids is 1. The maximum atomic E-state index is 12.2. The maximum Gasteiger partial charge on any atom is 0.341 e. The molecule has 1 aromatic carbocycles. The van der Waals surface area contributed by atoms with Crippen LogP contribution in [-0.2, 0) is 16.0 Å². The Hall–Kier alpha value is -2.41. The van der Waals surface area contributed by atoms with Crippen molar-refractivity contribution in [1.29, 1.82) is 0 Å². The quantitative estimate of drug-likeness (QED) is 0.793. The van der Waals surface area contributed by atoms with Gasteiger partial charge in [0.05, 0.1) is 10.7 Å². The minimum absolute atomic E-state index is 0.0288. The second-order valence-corrected chi connectivity index (χ2v) is 6.40. The van der Waals surface area contributed by atoms with Crippen LogP contribution < -0.4 is 9.64 Å². The van der Waals surface area contributed by atoms with Gasteiger partial charge < -0.3 is 14.7 Å². The van der Waals surface area contributed by atoms with E-state index in [0.29, 0.717) is 12.2 Å². The molecule has 0 atom stereocenters. The molecule has 1 heterocycles. The number of hydrogen-bond acceptors (Lipinski definition) is 5. The highest BCUT2D eigenvalue weighted by atomic mass is 32.1. The monoisotopic (exact) mass is 348 g/mol. The zero-order valence-corrected chi connectivity index (χ0v) is 14.5. The van der Waals surface area contributed by atoms with Gasteiger partial charge in [-0.05, 0) is 44.0 Å². The third kappa shape index (κ3) is 5.34. The minimum Gasteiger partial charge on any atom is -0.482 e. The summed E-state index contributed by atoms with van der Waals surface area (Å²) >= 11 is 1.62. The molecule has 0 fully saturated rings. The Balaban J connectivity index is 1.82. The molecule has 6 nitrogen and oxygen atoms in total. The molecule has 0 saturated carbocycles. The van der Waals surface area contributed by atoms with Gasteiger partial charge in [0.25, 0.3) is 0 Å². The summed E-state index contributed by atoms with van der Waals surface area (Å²) < 4.78 is 5.07. The zero-order chi connectivity index (χ0) is 17.5. The Morgan fingerprint density at radius 3 is 2.58 bits per heavy atom. The summed E-state index contributed by atoms with van der Waals surface area (Å²) in [5.74, 6) is -0.538. The number of aromatic nitrogens is 1. The number of anilines is 1. The second-order valence-electron chi connectivity index (χ2n) is 5.34. The molecule has 2 rings (SSSR count). The lowest BCUT2D eigenvalue weighted by molar-refractivity contribution is -0.139. The first-order valence-corrected chi connectivity index (χ1v) is 8.46. The largest absolute Gasteiger partial charge is 0.482 e. The molecule has 1 amide bonds. The molecule has 0 bridgehead atoms. The summed E-state index contributed by atoms with van der Waals surface area (Å²) in [6.07, 6.45) is 2.00. The third-order valence-electron chi connectivity index (χ3n) is 3.45. The van der Waals surface area contributed by atoms with Gasteiger partial charge in [-0.2, -0.15) is 0 Å². The fourth-order valence-corrected chi connectivity index (χ4v) is 2.81. The highest BCUT2D eigenvalue weighted by molar-refractivity contribution is 7.09. The van der Waals surface area contributed by atoms with E-state index in [-0.39, 0.29) is 12.5 Å². The van der Waals surface area contributed by atoms with E-state index in [9.17, 15) is 9.59 Å². The molecule has 0 unspecified atom stereocenters. The van der Waals surface area contributed by atoms with Crippen LogP contribution in [0.4, 0.5) is 5.69 Å². The first kappa shape index (κ1) is 17.9. The van der Waals surface area contributed by atoms with Crippen LogP contribution in [0.25, 0.3) is 0 Å². The molecular formula is C17H20N2O4S. The number of carbonyl (C=O) groups is 2. The van der Waals surface area contributed by atoms with Crippen LogP contribution in [0.2, 0.25) is 0 Å². The number of nitrogens with zero attached hydrogens (tertiary/aromatic N) is 2. The first-order chi connectivity index (χ1) is 11.5. The number of rotatable bonds is 8. The molecule has 0 spiro atoms. The molecule has 0 saturated heterocycles. The summed E-state index contributed by atoms with van der Waals surface area (Å²) in [7, 11) is 1.72. The lowest BCUT2D eigenvalue weighted by Crippen LogP contribution is -2.25. The van der Waals surface area contributed by atoms with Gasteiger partial charge in [0.15, 0.2) is 6.61 Å². The standard InChI is InChI=1S/C17H20N2O4S/c1-12-18-13(11-24-12)4-3-5-16(20)19(2)14-6-8-15(9-7-14)23-10-17(21)22/h6-9,11H,3-5,10H2,1-2H3,(H,21,22). The van der Waals surface area contributed by atoms with Gasteiger partial charge >= 0.3 is 5.97 Å². The Labute approximate surface area is 144 Å². The molecule has 0 aliphatic heterocycles. The molecule has 0 radical (unpaired) electrons. The number of ether oxygens (including phenoxy) is 1. The van der Waals surface area contributed by atoms with Gasteiger partial charge in [0.2, 0.25) is 5.91 Å². The summed E-state index contributed by atoms with van der Waals surface area (Å²) in [5.41, 5.74) is 1.78. The number of amides is 1. The van der Waals surface area contributed by atoms with Crippen LogP contribution in [-0.4, -0.2) is 35.6 Å². The maximum absolute atomic E-state index is 12.2. The number of carboxylic acids is 1. The lowest BCUT2D eigenvalue weighted by atomic mass is 10.2. The van der Waals surface area contributed by atoms with E-state index >= 15 is 0 Å². The van der Waals surface area contributed by atoms with Crippen molar-refractivity contribution in [2.45, 2.75) is 26.2 Å². The average molecular weight is 348 g/mol. The van der Waals surface area contributed by atoms with E-state index in [1.54, 1.807) is 47.5 Å². The van der Waals surface area contributed by atoms with E-state index in [0.717, 1.165) is 29.2 Å². The molecule has 0 aliphatic rings. The fraction of sp³-hybridized carbons (Fsp3) is 0.353. The van der Waals surface area contributed by atoms with E-state index in [1.807, 2.05) is 12.3 Å². The van der Waals surface area contributed by atoms with E-state index in [1.165, 1.54) is 0 Å². The van der Waals surface area contributed by atoms with Crippen LogP contribution in [0.1, 0.15) is 23.5 Å². The van der Waals surface area contributed by atoms with Crippen molar-refractivity contribution < 1.29 is 19.4 Å². The van der Waals surface area contributed by atoms with Crippen LogP contribution in [0.15, 0.2) is 29.6 Å². The van der Waals surface area contributed by atoms with Crippen molar-refractivity contribution in [2.24, 2.45) is 0 Å². The molecule has 7 heteroatoms. The number of aryl methyl sites for hydroxylation is 2. The number of thiazole rings is 1. The number of benzene rings is 1. The van der Waals surface area contributed by atoms with Crippen molar-refractivity contribution in [3.63, 3.8) is 0 Å². The predicted molar refractivity (Wildman–Crippen MR) is 92.8 cm³/mol. The minimum atomic E-state index is -1.03. The Bertz CT molecular complexity index is 697. The summed E-state index contributed by atoms with van der Waals surface area (Å²) in [4.78, 5) is 28.7. The summed E-state index contributed by atoms with van der Waals surface area (Å²) in [6, 6.07) is 6.78. The van der Waals surface area contributed by atoms with Crippen LogP contribution in [0.3, 0.4) is 0 Å². The van der Waals surface area contributed by atoms with E-state index in [4.69, 9.17) is 9.84 Å². The molecule has 24 heavy (non-hydrogen) atoms. The predicted octanol–water partition coefficient (Wildman–Crippen LogP) is 2.90. The third-order valence-corrected chi connectivity index (χ3v) is 4.27. The fourth-order valence-electron chi connectivity index (χ4n) is 2.17. The molecular weight excluding hydrogens is 328 g/mol. The van der Waals surface area contributed by atoms with Crippen molar-refractivity contribution in [3.8, 4) is 5.75 Å². The topological polar surface area (TPSA) is 79.7 Å². The van der Waals surface area contributed by atoms with Gasteiger partial charge in [-0.3, -0.25) is 4.79 Å². The highest BCUT2D eigenvalue weighted by Crippen LogP contribution is 2.20. The smallest absolute Gasteiger partial charge is 0.341 e. The van der Waals surface area contributed by atoms with Gasteiger partial charge in [-0.25, -0.2) is 9.78 Å². The van der Waals surface area contributed by atoms with Crippen LogP contribution in [0, 0.1) is 6.92 Å². The van der Waals surface area contributed by atoms with Gasteiger partial charge in [-0.15, -0.1) is 11.3 Å². The SMILES string of the molecule is Cc1nc(CCCC(=O)N(C)c2ccc(OCC(=O)O)cc2)cs1. The van der Waals surface area contributed by atoms with Crippen molar-refractivity contribution in [1.82, 2.24) is 4.98 Å². The Kier molecular flexibility index (Phi) is 6.31. The van der Waals surface area contributed by atoms with Crippen LogP contribution >= 0.6 is 11.3 Å². The highest BCUT2D eigenvalue weighted by Gasteiger charge is 2.11. The van der Waals surface area contributed by atoms with Crippen molar-refractivity contribution in [3.05, 3.63) is 40.3 Å².